The summed E-state index contributed by atoms with van der Waals surface area (Å²) in [6.07, 6.45) is 2.33. The van der Waals surface area contributed by atoms with Crippen molar-refractivity contribution in [2.45, 2.75) is 26.4 Å². The van der Waals surface area contributed by atoms with E-state index in [0.29, 0.717) is 48.8 Å². The highest BCUT2D eigenvalue weighted by Crippen LogP contribution is 2.34. The maximum atomic E-state index is 13.6. The number of para-hydroxylation sites is 1. The average Bonchev–Trinajstić information content (AvgIpc) is 3.34. The van der Waals surface area contributed by atoms with Gasteiger partial charge < -0.3 is 13.9 Å². The Morgan fingerprint density at radius 3 is 2.76 bits per heavy atom. The highest BCUT2D eigenvalue weighted by molar-refractivity contribution is 9.10. The van der Waals surface area contributed by atoms with Crippen LogP contribution in [0.2, 0.25) is 5.02 Å². The molecule has 0 saturated heterocycles. The van der Waals surface area contributed by atoms with Crippen LogP contribution < -0.4 is 15.0 Å². The van der Waals surface area contributed by atoms with E-state index in [-0.39, 0.29) is 17.5 Å². The molecule has 2 aromatic heterocycles. The van der Waals surface area contributed by atoms with Gasteiger partial charge in [0.2, 0.25) is 5.82 Å². The first-order valence-corrected chi connectivity index (χ1v) is 12.9. The fourth-order valence-corrected chi connectivity index (χ4v) is 4.85. The Labute approximate surface area is 226 Å². The number of hydrogen-bond donors (Lipinski definition) is 0. The van der Waals surface area contributed by atoms with Crippen molar-refractivity contribution >= 4 is 55.6 Å². The zero-order valence-corrected chi connectivity index (χ0v) is 22.7. The molecule has 0 spiro atoms. The number of aromatic nitrogens is 2. The Bertz CT molecular complexity index is 1710. The summed E-state index contributed by atoms with van der Waals surface area (Å²) < 4.78 is 19.6. The van der Waals surface area contributed by atoms with Crippen LogP contribution in [0, 0.1) is 0 Å². The molecular formula is C28H23BrClN3O4. The van der Waals surface area contributed by atoms with E-state index in [2.05, 4.69) is 21.0 Å². The quantitative estimate of drug-likeness (QED) is 0.189. The number of nitrogens with zero attached hydrogens (tertiary/aromatic N) is 3. The molecule has 0 N–H and O–H groups in total. The molecule has 0 fully saturated rings. The lowest BCUT2D eigenvalue weighted by molar-refractivity contribution is 0.215. The fourth-order valence-electron chi connectivity index (χ4n) is 3.92. The van der Waals surface area contributed by atoms with Gasteiger partial charge in [0.05, 0.1) is 40.2 Å². The third-order valence-electron chi connectivity index (χ3n) is 5.96. The molecule has 1 atom stereocenters. The summed E-state index contributed by atoms with van der Waals surface area (Å²) in [6.45, 7) is 4.02. The lowest BCUT2D eigenvalue weighted by atomic mass is 10.2. The van der Waals surface area contributed by atoms with Gasteiger partial charge in [0.15, 0.2) is 5.76 Å². The van der Waals surface area contributed by atoms with E-state index in [1.807, 2.05) is 38.1 Å². The molecule has 0 aliphatic heterocycles. The van der Waals surface area contributed by atoms with Crippen LogP contribution in [0.15, 0.2) is 79.4 Å². The van der Waals surface area contributed by atoms with E-state index in [4.69, 9.17) is 30.5 Å². The lowest BCUT2D eigenvalue weighted by Gasteiger charge is -2.16. The van der Waals surface area contributed by atoms with Crippen LogP contribution in [0.4, 0.5) is 0 Å². The zero-order chi connectivity index (χ0) is 26.1. The van der Waals surface area contributed by atoms with Crippen molar-refractivity contribution in [3.8, 4) is 23.1 Å². The smallest absolute Gasteiger partial charge is 0.282 e. The second-order valence-corrected chi connectivity index (χ2v) is 9.73. The molecule has 37 heavy (non-hydrogen) atoms. The monoisotopic (exact) mass is 579 g/mol. The van der Waals surface area contributed by atoms with Gasteiger partial charge in [-0.05, 0) is 71.7 Å². The van der Waals surface area contributed by atoms with Gasteiger partial charge in [-0.1, -0.05) is 36.7 Å². The van der Waals surface area contributed by atoms with E-state index in [0.717, 1.165) is 11.8 Å². The van der Waals surface area contributed by atoms with Crippen molar-refractivity contribution in [2.24, 2.45) is 5.10 Å². The van der Waals surface area contributed by atoms with Gasteiger partial charge in [0.25, 0.3) is 5.56 Å². The molecule has 0 aliphatic rings. The normalized spacial score (nSPS) is 12.5. The third-order valence-corrected chi connectivity index (χ3v) is 6.77. The van der Waals surface area contributed by atoms with Crippen molar-refractivity contribution < 1.29 is 13.9 Å². The molecule has 0 unspecified atom stereocenters. The number of benzene rings is 3. The van der Waals surface area contributed by atoms with Crippen LogP contribution in [-0.2, 0) is 0 Å². The topological polar surface area (TPSA) is 78.8 Å². The molecule has 9 heteroatoms. The molecule has 0 amide bonds. The molecule has 0 saturated carbocycles. The van der Waals surface area contributed by atoms with Crippen LogP contribution in [0.1, 0.15) is 25.8 Å². The summed E-state index contributed by atoms with van der Waals surface area (Å²) in [7, 11) is 1.60. The number of halogens is 2. The first kappa shape index (κ1) is 25.0. The molecule has 0 bridgehead atoms. The molecule has 2 heterocycles. The largest absolute Gasteiger partial charge is 0.496 e. The molecular weight excluding hydrogens is 558 g/mol. The number of ether oxygens (including phenoxy) is 2. The second-order valence-electron chi connectivity index (χ2n) is 8.44. The average molecular weight is 581 g/mol. The van der Waals surface area contributed by atoms with E-state index in [1.54, 1.807) is 49.7 Å². The number of fused-ring (bicyclic) bond motifs is 2. The van der Waals surface area contributed by atoms with Crippen LogP contribution in [0.5, 0.6) is 11.5 Å². The van der Waals surface area contributed by atoms with Gasteiger partial charge in [-0.15, -0.1) is 0 Å². The van der Waals surface area contributed by atoms with Crippen molar-refractivity contribution in [3.63, 3.8) is 0 Å². The predicted molar refractivity (Wildman–Crippen MR) is 150 cm³/mol. The summed E-state index contributed by atoms with van der Waals surface area (Å²) in [5.74, 6) is 1.87. The molecule has 0 radical (unpaired) electrons. The molecule has 5 aromatic rings. The molecule has 3 aromatic carbocycles. The summed E-state index contributed by atoms with van der Waals surface area (Å²) >= 11 is 9.86. The van der Waals surface area contributed by atoms with Gasteiger partial charge in [-0.3, -0.25) is 4.79 Å². The van der Waals surface area contributed by atoms with E-state index in [1.165, 1.54) is 4.68 Å². The number of methoxy groups -OCH3 is 1. The van der Waals surface area contributed by atoms with Crippen LogP contribution in [0.3, 0.4) is 0 Å². The Balaban J connectivity index is 1.72. The summed E-state index contributed by atoms with van der Waals surface area (Å²) in [4.78, 5) is 18.3. The highest BCUT2D eigenvalue weighted by atomic mass is 79.9. The minimum absolute atomic E-state index is 0.0317. The maximum Gasteiger partial charge on any atom is 0.282 e. The second kappa shape index (κ2) is 10.4. The summed E-state index contributed by atoms with van der Waals surface area (Å²) in [5, 5.41) is 6.25. The highest BCUT2D eigenvalue weighted by Gasteiger charge is 2.18. The van der Waals surface area contributed by atoms with Crippen LogP contribution in [0.25, 0.3) is 33.5 Å². The maximum absolute atomic E-state index is 13.6. The lowest BCUT2D eigenvalue weighted by Crippen LogP contribution is -2.20. The van der Waals surface area contributed by atoms with Crippen molar-refractivity contribution in [1.29, 1.82) is 0 Å². The van der Waals surface area contributed by atoms with E-state index < -0.39 is 0 Å². The Morgan fingerprint density at radius 2 is 1.97 bits per heavy atom. The molecule has 0 aliphatic carbocycles. The van der Waals surface area contributed by atoms with Crippen LogP contribution in [-0.4, -0.2) is 29.1 Å². The zero-order valence-electron chi connectivity index (χ0n) is 20.4. The number of hydrogen-bond acceptors (Lipinski definition) is 6. The molecule has 5 rings (SSSR count). The van der Waals surface area contributed by atoms with Gasteiger partial charge >= 0.3 is 0 Å². The Morgan fingerprint density at radius 1 is 1.16 bits per heavy atom. The Hall–Kier alpha value is -3.62. The SMILES string of the molecule is CC[C@@H](C)Oc1c(Br)cc(Cl)cc1C=Nn1c(-c2cc3c(OC)cccc3o2)nc2ccccc2c1=O. The van der Waals surface area contributed by atoms with Crippen molar-refractivity contribution in [2.75, 3.05) is 7.11 Å². The summed E-state index contributed by atoms with van der Waals surface area (Å²) in [5.41, 5.74) is 1.41. The van der Waals surface area contributed by atoms with Gasteiger partial charge in [0, 0.05) is 10.6 Å². The number of rotatable bonds is 7. The fraction of sp³-hybridized carbons (Fsp3) is 0.179. The van der Waals surface area contributed by atoms with Crippen molar-refractivity contribution in [1.82, 2.24) is 9.66 Å². The predicted octanol–water partition coefficient (Wildman–Crippen LogP) is 7.29. The molecule has 188 valence electrons. The van der Waals surface area contributed by atoms with Gasteiger partial charge in [-0.2, -0.15) is 9.78 Å². The minimum atomic E-state index is -0.338. The first-order chi connectivity index (χ1) is 17.9. The van der Waals surface area contributed by atoms with Crippen LogP contribution >= 0.6 is 27.5 Å². The summed E-state index contributed by atoms with van der Waals surface area (Å²) in [6, 6.07) is 17.9. The number of furan rings is 1. The minimum Gasteiger partial charge on any atom is -0.496 e. The van der Waals surface area contributed by atoms with E-state index >= 15 is 0 Å². The third kappa shape index (κ3) is 4.86. The Kier molecular flexibility index (Phi) is 7.04. The van der Waals surface area contributed by atoms with E-state index in [9.17, 15) is 4.79 Å². The van der Waals surface area contributed by atoms with Crippen molar-refractivity contribution in [3.05, 3.63) is 86.1 Å². The molecule has 7 nitrogen and oxygen atoms in total. The standard InChI is InChI=1S/C28H23BrClN3O4/c1-4-16(2)36-26-17(12-18(30)13-21(26)29)15-31-33-27(32-22-9-6-5-8-19(22)28(33)34)25-14-20-23(35-3)10-7-11-24(20)37-25/h5-16H,4H2,1-3H3/t16-/m1/s1. The first-order valence-electron chi connectivity index (χ1n) is 11.7. The van der Waals surface area contributed by atoms with Gasteiger partial charge in [0.1, 0.15) is 17.1 Å². The van der Waals surface area contributed by atoms with Gasteiger partial charge in [-0.25, -0.2) is 4.98 Å².